The van der Waals surface area contributed by atoms with Crippen molar-refractivity contribution in [3.63, 3.8) is 0 Å². The number of carbonyl (C=O) groups is 1. The molecule has 1 amide bonds. The maximum absolute atomic E-state index is 12.6. The number of nitrogens with zero attached hydrogens (tertiary/aromatic N) is 1. The summed E-state index contributed by atoms with van der Waals surface area (Å²) in [4.78, 5) is 12.6. The molecule has 0 saturated heterocycles. The van der Waals surface area contributed by atoms with E-state index in [4.69, 9.17) is 21.1 Å². The third-order valence-electron chi connectivity index (χ3n) is 5.54. The quantitative estimate of drug-likeness (QED) is 0.378. The second-order valence-corrected chi connectivity index (χ2v) is 7.93. The highest BCUT2D eigenvalue weighted by Gasteiger charge is 2.24. The van der Waals surface area contributed by atoms with Crippen LogP contribution in [0, 0.1) is 0 Å². The number of para-hydroxylation sites is 3. The first-order valence-corrected chi connectivity index (χ1v) is 10.7. The van der Waals surface area contributed by atoms with Gasteiger partial charge in [-0.25, -0.2) is 0 Å². The van der Waals surface area contributed by atoms with Crippen molar-refractivity contribution in [3.8, 4) is 11.5 Å². The van der Waals surface area contributed by atoms with Crippen molar-refractivity contribution in [1.29, 1.82) is 0 Å². The smallest absolute Gasteiger partial charge is 0.256 e. The lowest BCUT2D eigenvalue weighted by atomic mass is 10.0. The minimum absolute atomic E-state index is 0.126. The minimum atomic E-state index is -0.126. The van der Waals surface area contributed by atoms with Crippen LogP contribution in [-0.4, -0.2) is 24.2 Å². The van der Waals surface area contributed by atoms with Crippen LogP contribution >= 0.6 is 11.6 Å². The molecule has 1 aliphatic rings. The second kappa shape index (κ2) is 8.44. The van der Waals surface area contributed by atoms with E-state index in [1.165, 1.54) is 0 Å². The van der Waals surface area contributed by atoms with E-state index >= 15 is 0 Å². The Labute approximate surface area is 190 Å². The molecule has 5 rings (SSSR count). The van der Waals surface area contributed by atoms with Crippen molar-refractivity contribution in [3.05, 3.63) is 89.1 Å². The Balaban J connectivity index is 1.45. The normalized spacial score (nSPS) is 13.9. The fourth-order valence-electron chi connectivity index (χ4n) is 4.03. The molecule has 0 aliphatic carbocycles. The maximum Gasteiger partial charge on any atom is 0.256 e. The first-order chi connectivity index (χ1) is 15.6. The Morgan fingerprint density at radius 3 is 2.66 bits per heavy atom. The molecule has 0 unspecified atom stereocenters. The van der Waals surface area contributed by atoms with E-state index in [-0.39, 0.29) is 5.91 Å². The standard InChI is InChI=1S/C26H21ClN2O3/c1-31-24-8-4-5-9-25(24)32-13-12-29-16-17(19-6-2-3-7-23(19)29)14-21-20-11-10-18(27)15-22(20)28-26(21)30/h2-11,14-16H,12-13H2,1H3,(H,28,30)/b21-14+. The third-order valence-corrected chi connectivity index (χ3v) is 5.78. The van der Waals surface area contributed by atoms with E-state index < -0.39 is 0 Å². The van der Waals surface area contributed by atoms with Crippen LogP contribution in [0.2, 0.25) is 5.02 Å². The molecule has 0 bridgehead atoms. The predicted molar refractivity (Wildman–Crippen MR) is 128 cm³/mol. The van der Waals surface area contributed by atoms with Gasteiger partial charge in [0.1, 0.15) is 6.61 Å². The summed E-state index contributed by atoms with van der Waals surface area (Å²) in [6.07, 6.45) is 4.00. The molecule has 0 atom stereocenters. The number of fused-ring (bicyclic) bond motifs is 2. The molecule has 4 aromatic rings. The van der Waals surface area contributed by atoms with Gasteiger partial charge < -0.3 is 19.4 Å². The number of anilines is 1. The van der Waals surface area contributed by atoms with E-state index in [0.717, 1.165) is 27.7 Å². The molecule has 0 radical (unpaired) electrons. The Morgan fingerprint density at radius 2 is 1.81 bits per heavy atom. The van der Waals surface area contributed by atoms with Crippen LogP contribution in [0.1, 0.15) is 11.1 Å². The predicted octanol–water partition coefficient (Wildman–Crippen LogP) is 5.88. The molecule has 3 aromatic carbocycles. The third kappa shape index (κ3) is 3.72. The molecule has 0 spiro atoms. The number of hydrogen-bond acceptors (Lipinski definition) is 3. The summed E-state index contributed by atoms with van der Waals surface area (Å²) in [6, 6.07) is 21.2. The van der Waals surface area contributed by atoms with Gasteiger partial charge in [-0.2, -0.15) is 0 Å². The number of carbonyl (C=O) groups excluding carboxylic acids is 1. The molecule has 6 heteroatoms. The molecule has 5 nitrogen and oxygen atoms in total. The lowest BCUT2D eigenvalue weighted by molar-refractivity contribution is -0.110. The van der Waals surface area contributed by atoms with Crippen molar-refractivity contribution >= 4 is 45.7 Å². The SMILES string of the molecule is COc1ccccc1OCCn1cc(/C=C2/C(=O)Nc3cc(Cl)ccc32)c2ccccc21. The lowest BCUT2D eigenvalue weighted by Crippen LogP contribution is -2.07. The van der Waals surface area contributed by atoms with Gasteiger partial charge in [0.05, 0.1) is 19.3 Å². The van der Waals surface area contributed by atoms with E-state index in [0.29, 0.717) is 35.2 Å². The number of benzene rings is 3. The van der Waals surface area contributed by atoms with Gasteiger partial charge in [-0.3, -0.25) is 4.79 Å². The van der Waals surface area contributed by atoms with Crippen molar-refractivity contribution < 1.29 is 14.3 Å². The number of ether oxygens (including phenoxy) is 2. The van der Waals surface area contributed by atoms with Crippen molar-refractivity contribution in [2.45, 2.75) is 6.54 Å². The molecular formula is C26H21ClN2O3. The topological polar surface area (TPSA) is 52.5 Å². The number of rotatable bonds is 6. The fourth-order valence-corrected chi connectivity index (χ4v) is 4.20. The number of nitrogens with one attached hydrogen (secondary N) is 1. The lowest BCUT2D eigenvalue weighted by Gasteiger charge is -2.11. The number of methoxy groups -OCH3 is 1. The van der Waals surface area contributed by atoms with Crippen LogP contribution in [0.4, 0.5) is 5.69 Å². The summed E-state index contributed by atoms with van der Waals surface area (Å²) < 4.78 is 13.5. The molecular weight excluding hydrogens is 424 g/mol. The number of aromatic nitrogens is 1. The van der Waals surface area contributed by atoms with Gasteiger partial charge in [-0.15, -0.1) is 0 Å². The average molecular weight is 445 g/mol. The average Bonchev–Trinajstić information content (AvgIpc) is 3.31. The fraction of sp³-hybridized carbons (Fsp3) is 0.115. The summed E-state index contributed by atoms with van der Waals surface area (Å²) >= 11 is 6.08. The minimum Gasteiger partial charge on any atom is -0.493 e. The van der Waals surface area contributed by atoms with E-state index in [2.05, 4.69) is 28.2 Å². The summed E-state index contributed by atoms with van der Waals surface area (Å²) in [5, 5.41) is 4.57. The molecule has 0 saturated carbocycles. The molecule has 2 heterocycles. The molecule has 0 fully saturated rings. The summed E-state index contributed by atoms with van der Waals surface area (Å²) in [6.45, 7) is 1.14. The second-order valence-electron chi connectivity index (χ2n) is 7.50. The number of hydrogen-bond donors (Lipinski definition) is 1. The number of amides is 1. The Hall–Kier alpha value is -3.70. The van der Waals surface area contributed by atoms with Crippen LogP contribution in [0.15, 0.2) is 72.9 Å². The van der Waals surface area contributed by atoms with Crippen LogP contribution < -0.4 is 14.8 Å². The summed E-state index contributed by atoms with van der Waals surface area (Å²) in [5.74, 6) is 1.30. The van der Waals surface area contributed by atoms with Crippen molar-refractivity contribution in [1.82, 2.24) is 4.57 Å². The van der Waals surface area contributed by atoms with Crippen LogP contribution in [0.3, 0.4) is 0 Å². The van der Waals surface area contributed by atoms with Gasteiger partial charge in [0.15, 0.2) is 11.5 Å². The van der Waals surface area contributed by atoms with Gasteiger partial charge in [0.25, 0.3) is 5.91 Å². The number of halogens is 1. The molecule has 160 valence electrons. The Kier molecular flexibility index (Phi) is 5.33. The van der Waals surface area contributed by atoms with E-state index in [1.807, 2.05) is 48.5 Å². The van der Waals surface area contributed by atoms with Crippen LogP contribution in [0.5, 0.6) is 11.5 Å². The van der Waals surface area contributed by atoms with Gasteiger partial charge in [-0.05, 0) is 36.4 Å². The Morgan fingerprint density at radius 1 is 1.03 bits per heavy atom. The molecule has 32 heavy (non-hydrogen) atoms. The zero-order chi connectivity index (χ0) is 22.1. The molecule has 1 N–H and O–H groups in total. The van der Waals surface area contributed by atoms with E-state index in [9.17, 15) is 4.79 Å². The highest BCUT2D eigenvalue weighted by Crippen LogP contribution is 2.36. The first kappa shape index (κ1) is 20.2. The first-order valence-electron chi connectivity index (χ1n) is 10.3. The van der Waals surface area contributed by atoms with Crippen LogP contribution in [-0.2, 0) is 11.3 Å². The van der Waals surface area contributed by atoms with E-state index in [1.54, 1.807) is 19.2 Å². The highest BCUT2D eigenvalue weighted by molar-refractivity contribution is 6.36. The zero-order valence-electron chi connectivity index (χ0n) is 17.5. The summed E-state index contributed by atoms with van der Waals surface area (Å²) in [5.41, 5.74) is 4.28. The highest BCUT2D eigenvalue weighted by atomic mass is 35.5. The monoisotopic (exact) mass is 444 g/mol. The van der Waals surface area contributed by atoms with Gasteiger partial charge in [0.2, 0.25) is 0 Å². The molecule has 1 aliphatic heterocycles. The largest absolute Gasteiger partial charge is 0.493 e. The van der Waals surface area contributed by atoms with Crippen LogP contribution in [0.25, 0.3) is 22.6 Å². The van der Waals surface area contributed by atoms with Gasteiger partial charge >= 0.3 is 0 Å². The van der Waals surface area contributed by atoms with Gasteiger partial charge in [-0.1, -0.05) is 48.0 Å². The summed E-state index contributed by atoms with van der Waals surface area (Å²) in [7, 11) is 1.63. The molecule has 1 aromatic heterocycles. The van der Waals surface area contributed by atoms with Gasteiger partial charge in [0, 0.05) is 38.8 Å². The maximum atomic E-state index is 12.6. The van der Waals surface area contributed by atoms with Crippen molar-refractivity contribution in [2.75, 3.05) is 19.0 Å². The van der Waals surface area contributed by atoms with Crippen molar-refractivity contribution in [2.24, 2.45) is 0 Å². The zero-order valence-corrected chi connectivity index (χ0v) is 18.2. The Bertz CT molecular complexity index is 1360.